The summed E-state index contributed by atoms with van der Waals surface area (Å²) in [5.41, 5.74) is 0.240. The molecule has 0 aromatic heterocycles. The third-order valence-corrected chi connectivity index (χ3v) is 5.37. The van der Waals surface area contributed by atoms with Crippen molar-refractivity contribution < 1.29 is 28.6 Å². The number of amides is 2. The number of likely N-dealkylation sites (N-methyl/N-ethyl adjacent to an activating group) is 1. The third-order valence-electron chi connectivity index (χ3n) is 5.37. The van der Waals surface area contributed by atoms with Crippen LogP contribution >= 0.6 is 0 Å². The molecule has 0 aliphatic rings. The van der Waals surface area contributed by atoms with Gasteiger partial charge in [-0.2, -0.15) is 0 Å². The van der Waals surface area contributed by atoms with Gasteiger partial charge in [-0.1, -0.05) is 58.0 Å². The Labute approximate surface area is 204 Å². The van der Waals surface area contributed by atoms with Crippen molar-refractivity contribution in [2.45, 2.75) is 85.3 Å². The Kier molecular flexibility index (Phi) is 11.5. The smallest absolute Gasteiger partial charge is 0.408 e. The number of benzene rings is 1. The number of nitrogens with one attached hydrogen (secondary N) is 1. The zero-order valence-electron chi connectivity index (χ0n) is 22.1. The molecule has 0 unspecified atom stereocenters. The second-order valence-electron chi connectivity index (χ2n) is 10.2. The van der Waals surface area contributed by atoms with Gasteiger partial charge in [0.1, 0.15) is 18.2 Å². The van der Waals surface area contributed by atoms with Crippen LogP contribution in [-0.2, 0) is 30.4 Å². The molecule has 1 aromatic carbocycles. The van der Waals surface area contributed by atoms with Gasteiger partial charge in [0.25, 0.3) is 0 Å². The van der Waals surface area contributed by atoms with E-state index < -0.39 is 35.9 Å². The summed E-state index contributed by atoms with van der Waals surface area (Å²) < 4.78 is 16.4. The van der Waals surface area contributed by atoms with E-state index in [0.717, 1.165) is 5.56 Å². The van der Waals surface area contributed by atoms with Crippen molar-refractivity contribution in [1.29, 1.82) is 0 Å². The van der Waals surface area contributed by atoms with Gasteiger partial charge in [-0.3, -0.25) is 9.59 Å². The fourth-order valence-corrected chi connectivity index (χ4v) is 3.79. The maximum absolute atomic E-state index is 13.5. The Hall–Kier alpha value is -2.61. The summed E-state index contributed by atoms with van der Waals surface area (Å²) in [6, 6.07) is 8.11. The van der Waals surface area contributed by atoms with E-state index in [4.69, 9.17) is 14.2 Å². The van der Waals surface area contributed by atoms with Crippen LogP contribution in [0.15, 0.2) is 30.3 Å². The fraction of sp³-hybridized carbons (Fsp3) is 0.654. The monoisotopic (exact) mass is 478 g/mol. The molecular weight excluding hydrogens is 436 g/mol. The number of rotatable bonds is 11. The van der Waals surface area contributed by atoms with E-state index in [-0.39, 0.29) is 30.8 Å². The van der Waals surface area contributed by atoms with Crippen molar-refractivity contribution in [3.8, 4) is 0 Å². The fourth-order valence-electron chi connectivity index (χ4n) is 3.79. The van der Waals surface area contributed by atoms with Gasteiger partial charge in [-0.25, -0.2) is 4.79 Å². The van der Waals surface area contributed by atoms with E-state index in [9.17, 15) is 14.4 Å². The molecular formula is C26H42N2O6. The molecule has 1 rings (SSSR count). The van der Waals surface area contributed by atoms with Crippen molar-refractivity contribution >= 4 is 18.0 Å². The van der Waals surface area contributed by atoms with Crippen molar-refractivity contribution in [2.75, 3.05) is 14.2 Å². The second kappa shape index (κ2) is 13.3. The summed E-state index contributed by atoms with van der Waals surface area (Å²) in [5.74, 6) is -0.872. The molecule has 0 radical (unpaired) electrons. The van der Waals surface area contributed by atoms with Crippen LogP contribution in [0.1, 0.15) is 60.5 Å². The van der Waals surface area contributed by atoms with Crippen LogP contribution in [-0.4, -0.2) is 60.8 Å². The predicted octanol–water partition coefficient (Wildman–Crippen LogP) is 4.17. The van der Waals surface area contributed by atoms with E-state index in [0.29, 0.717) is 0 Å². The van der Waals surface area contributed by atoms with Crippen LogP contribution in [0.5, 0.6) is 0 Å². The highest BCUT2D eigenvalue weighted by Gasteiger charge is 2.37. The largest absolute Gasteiger partial charge is 0.460 e. The third kappa shape index (κ3) is 9.71. The van der Waals surface area contributed by atoms with Gasteiger partial charge >= 0.3 is 12.1 Å². The first-order valence-corrected chi connectivity index (χ1v) is 11.7. The predicted molar refractivity (Wildman–Crippen MR) is 131 cm³/mol. The lowest BCUT2D eigenvalue weighted by Crippen LogP contribution is -2.57. The number of ether oxygens (including phenoxy) is 3. The zero-order chi connectivity index (χ0) is 26.1. The first-order chi connectivity index (χ1) is 15.8. The van der Waals surface area contributed by atoms with Gasteiger partial charge in [0.2, 0.25) is 5.91 Å². The Bertz CT molecular complexity index is 788. The van der Waals surface area contributed by atoms with Gasteiger partial charge in [-0.15, -0.1) is 0 Å². The van der Waals surface area contributed by atoms with Crippen LogP contribution in [0.3, 0.4) is 0 Å². The number of hydrogen-bond acceptors (Lipinski definition) is 6. The topological polar surface area (TPSA) is 94.2 Å². The summed E-state index contributed by atoms with van der Waals surface area (Å²) >= 11 is 0. The molecule has 3 atom stereocenters. The standard InChI is InChI=1S/C26H42N2O6/c1-17(2)22(27-25(31)33-16-19-13-11-10-12-14-19)24(30)28(8)23(18(3)4)20(32-9)15-21(29)34-26(5,6)7/h10-14,17-18,20,22-23H,15-16H2,1-9H3,(H,27,31)/t20-,22+,23+/m1/s1. The van der Waals surface area contributed by atoms with Crippen molar-refractivity contribution in [1.82, 2.24) is 10.2 Å². The minimum absolute atomic E-state index is 0.00707. The van der Waals surface area contributed by atoms with Crippen LogP contribution in [0.2, 0.25) is 0 Å². The van der Waals surface area contributed by atoms with Crippen LogP contribution < -0.4 is 5.32 Å². The number of nitrogens with zero attached hydrogens (tertiary/aromatic N) is 1. The zero-order valence-corrected chi connectivity index (χ0v) is 22.1. The highest BCUT2D eigenvalue weighted by molar-refractivity contribution is 5.86. The Morgan fingerprint density at radius 2 is 1.59 bits per heavy atom. The number of hydrogen-bond donors (Lipinski definition) is 1. The van der Waals surface area contributed by atoms with Gasteiger partial charge in [-0.05, 0) is 38.2 Å². The van der Waals surface area contributed by atoms with E-state index in [1.807, 2.05) is 58.0 Å². The molecule has 0 bridgehead atoms. The van der Waals surface area contributed by atoms with E-state index in [2.05, 4.69) is 5.32 Å². The molecule has 1 aromatic rings. The lowest BCUT2D eigenvalue weighted by Gasteiger charge is -2.39. The Balaban J connectivity index is 2.93. The maximum atomic E-state index is 13.5. The lowest BCUT2D eigenvalue weighted by atomic mass is 9.93. The summed E-state index contributed by atoms with van der Waals surface area (Å²) in [6.07, 6.45) is -1.23. The number of carbonyl (C=O) groups is 3. The van der Waals surface area contributed by atoms with Crippen LogP contribution in [0.4, 0.5) is 4.79 Å². The number of carbonyl (C=O) groups excluding carboxylic acids is 3. The molecule has 0 saturated carbocycles. The summed E-state index contributed by atoms with van der Waals surface area (Å²) in [7, 11) is 3.18. The SMILES string of the molecule is CO[C@H](CC(=O)OC(C)(C)C)[C@H](C(C)C)N(C)C(=O)[C@@H](NC(=O)OCc1ccccc1)C(C)C. The number of esters is 1. The molecule has 192 valence electrons. The average molecular weight is 479 g/mol. The number of methoxy groups -OCH3 is 1. The Morgan fingerprint density at radius 3 is 2.06 bits per heavy atom. The van der Waals surface area contributed by atoms with Gasteiger partial charge < -0.3 is 24.4 Å². The molecule has 0 aliphatic heterocycles. The van der Waals surface area contributed by atoms with Gasteiger partial charge in [0.05, 0.1) is 18.6 Å². The van der Waals surface area contributed by atoms with Gasteiger partial charge in [0.15, 0.2) is 0 Å². The Morgan fingerprint density at radius 1 is 1.00 bits per heavy atom. The van der Waals surface area contributed by atoms with Crippen molar-refractivity contribution in [3.63, 3.8) is 0 Å². The van der Waals surface area contributed by atoms with Crippen LogP contribution in [0.25, 0.3) is 0 Å². The molecule has 0 spiro atoms. The molecule has 0 aliphatic carbocycles. The second-order valence-corrected chi connectivity index (χ2v) is 10.2. The first kappa shape index (κ1) is 29.4. The molecule has 1 N–H and O–H groups in total. The molecule has 0 fully saturated rings. The van der Waals surface area contributed by atoms with Crippen LogP contribution in [0, 0.1) is 11.8 Å². The highest BCUT2D eigenvalue weighted by atomic mass is 16.6. The van der Waals surface area contributed by atoms with Crippen molar-refractivity contribution in [2.24, 2.45) is 11.8 Å². The molecule has 34 heavy (non-hydrogen) atoms. The molecule has 8 nitrogen and oxygen atoms in total. The molecule has 0 heterocycles. The minimum atomic E-state index is -0.798. The molecule has 8 heteroatoms. The van der Waals surface area contributed by atoms with E-state index >= 15 is 0 Å². The quantitative estimate of drug-likeness (QED) is 0.480. The van der Waals surface area contributed by atoms with Crippen molar-refractivity contribution in [3.05, 3.63) is 35.9 Å². The number of alkyl carbamates (subject to hydrolysis) is 1. The normalized spacial score (nSPS) is 14.3. The van der Waals surface area contributed by atoms with E-state index in [1.165, 1.54) is 7.11 Å². The molecule has 0 saturated heterocycles. The average Bonchev–Trinajstić information content (AvgIpc) is 2.73. The van der Waals surface area contributed by atoms with Gasteiger partial charge in [0, 0.05) is 14.2 Å². The minimum Gasteiger partial charge on any atom is -0.460 e. The summed E-state index contributed by atoms with van der Waals surface area (Å²) in [4.78, 5) is 39.9. The molecule has 2 amide bonds. The highest BCUT2D eigenvalue weighted by Crippen LogP contribution is 2.22. The maximum Gasteiger partial charge on any atom is 0.408 e. The first-order valence-electron chi connectivity index (χ1n) is 11.7. The van der Waals surface area contributed by atoms with E-state index in [1.54, 1.807) is 32.7 Å². The summed E-state index contributed by atoms with van der Waals surface area (Å²) in [5, 5.41) is 2.71. The lowest BCUT2D eigenvalue weighted by molar-refractivity contribution is -0.160. The summed E-state index contributed by atoms with van der Waals surface area (Å²) in [6.45, 7) is 13.1.